The van der Waals surface area contributed by atoms with Gasteiger partial charge in [-0.3, -0.25) is 9.69 Å². The maximum Gasteiger partial charge on any atom is 0.270 e. The van der Waals surface area contributed by atoms with E-state index in [1.807, 2.05) is 18.2 Å². The number of thioether (sulfide) groups is 1. The van der Waals surface area contributed by atoms with E-state index in [1.54, 1.807) is 51.7 Å². The molecule has 1 aliphatic heterocycles. The molecule has 1 amide bonds. The number of carbonyl (C=O) groups is 1. The van der Waals surface area contributed by atoms with E-state index in [4.69, 9.17) is 26.4 Å². The molecule has 7 heteroatoms. The zero-order valence-corrected chi connectivity index (χ0v) is 16.1. The molecule has 1 heterocycles. The van der Waals surface area contributed by atoms with Gasteiger partial charge < -0.3 is 14.2 Å². The van der Waals surface area contributed by atoms with Crippen molar-refractivity contribution >= 4 is 46.0 Å². The van der Waals surface area contributed by atoms with Gasteiger partial charge in [0.2, 0.25) is 0 Å². The molecule has 1 fully saturated rings. The minimum atomic E-state index is -0.182. The Bertz CT molecular complexity index is 855. The molecule has 0 saturated carbocycles. The molecule has 0 aromatic heterocycles. The first-order valence-corrected chi connectivity index (χ1v) is 8.94. The predicted octanol–water partition coefficient (Wildman–Crippen LogP) is 4.12. The van der Waals surface area contributed by atoms with Crippen LogP contribution in [0.3, 0.4) is 0 Å². The molecular formula is C19H17NO4S2. The summed E-state index contributed by atoms with van der Waals surface area (Å²) in [4.78, 5) is 14.9. The summed E-state index contributed by atoms with van der Waals surface area (Å²) in [6.07, 6.45) is 1.75. The number of hydrogen-bond donors (Lipinski definition) is 0. The standard InChI is InChI=1S/C19H17NO4S2/c1-22-13-9-7-12(8-10-13)20-18(21)17(26-19(20)25)11-14-15(23-2)5-4-6-16(14)24-3/h4-11H,1-3H3/b17-11-. The molecule has 5 nitrogen and oxygen atoms in total. The Kier molecular flexibility index (Phi) is 5.49. The van der Waals surface area contributed by atoms with Crippen LogP contribution in [0.4, 0.5) is 5.69 Å². The van der Waals surface area contributed by atoms with Crippen LogP contribution in [0.25, 0.3) is 6.08 Å². The van der Waals surface area contributed by atoms with Gasteiger partial charge in [0, 0.05) is 0 Å². The van der Waals surface area contributed by atoms with Crippen LogP contribution in [0.5, 0.6) is 17.2 Å². The molecule has 3 rings (SSSR count). The summed E-state index contributed by atoms with van der Waals surface area (Å²) >= 11 is 6.66. The van der Waals surface area contributed by atoms with Gasteiger partial charge in [-0.2, -0.15) is 0 Å². The fraction of sp³-hybridized carbons (Fsp3) is 0.158. The average molecular weight is 387 g/mol. The van der Waals surface area contributed by atoms with E-state index in [9.17, 15) is 4.79 Å². The van der Waals surface area contributed by atoms with E-state index in [0.29, 0.717) is 37.7 Å². The molecule has 0 aliphatic carbocycles. The molecule has 0 N–H and O–H groups in total. The maximum absolute atomic E-state index is 12.9. The Morgan fingerprint density at radius 1 is 0.962 bits per heavy atom. The fourth-order valence-electron chi connectivity index (χ4n) is 2.57. The molecule has 0 radical (unpaired) electrons. The lowest BCUT2D eigenvalue weighted by Gasteiger charge is -2.15. The second-order valence-corrected chi connectivity index (χ2v) is 6.97. The van der Waals surface area contributed by atoms with E-state index in [2.05, 4.69) is 0 Å². The van der Waals surface area contributed by atoms with Crippen molar-refractivity contribution < 1.29 is 19.0 Å². The van der Waals surface area contributed by atoms with Crippen LogP contribution in [0.1, 0.15) is 5.56 Å². The highest BCUT2D eigenvalue weighted by atomic mass is 32.2. The second-order valence-electron chi connectivity index (χ2n) is 5.29. The van der Waals surface area contributed by atoms with Crippen LogP contribution in [-0.4, -0.2) is 31.6 Å². The topological polar surface area (TPSA) is 48.0 Å². The number of thiocarbonyl (C=S) groups is 1. The molecular weight excluding hydrogens is 370 g/mol. The first-order chi connectivity index (χ1) is 12.6. The van der Waals surface area contributed by atoms with Crippen LogP contribution in [0.2, 0.25) is 0 Å². The third-order valence-corrected chi connectivity index (χ3v) is 5.17. The minimum Gasteiger partial charge on any atom is -0.497 e. The van der Waals surface area contributed by atoms with Crippen molar-refractivity contribution in [3.8, 4) is 17.2 Å². The van der Waals surface area contributed by atoms with Crippen molar-refractivity contribution in [3.63, 3.8) is 0 Å². The fourth-order valence-corrected chi connectivity index (χ4v) is 3.86. The van der Waals surface area contributed by atoms with Gasteiger partial charge in [-0.15, -0.1) is 0 Å². The first kappa shape index (κ1) is 18.3. The van der Waals surface area contributed by atoms with Crippen molar-refractivity contribution in [3.05, 3.63) is 52.9 Å². The number of hydrogen-bond acceptors (Lipinski definition) is 6. The number of nitrogens with zero attached hydrogens (tertiary/aromatic N) is 1. The number of methoxy groups -OCH3 is 3. The van der Waals surface area contributed by atoms with E-state index >= 15 is 0 Å². The number of ether oxygens (including phenoxy) is 3. The molecule has 26 heavy (non-hydrogen) atoms. The van der Waals surface area contributed by atoms with Crippen molar-refractivity contribution in [2.45, 2.75) is 0 Å². The zero-order chi connectivity index (χ0) is 18.7. The van der Waals surface area contributed by atoms with Gasteiger partial charge in [0.25, 0.3) is 5.91 Å². The number of anilines is 1. The average Bonchev–Trinajstić information content (AvgIpc) is 2.95. The maximum atomic E-state index is 12.9. The first-order valence-electron chi connectivity index (χ1n) is 7.72. The van der Waals surface area contributed by atoms with Crippen LogP contribution in [-0.2, 0) is 4.79 Å². The normalized spacial score (nSPS) is 15.5. The third-order valence-electron chi connectivity index (χ3n) is 3.87. The molecule has 1 aliphatic rings. The largest absolute Gasteiger partial charge is 0.497 e. The van der Waals surface area contributed by atoms with Gasteiger partial charge in [0.05, 0.1) is 37.5 Å². The number of rotatable bonds is 5. The number of carbonyl (C=O) groups excluding carboxylic acids is 1. The number of benzene rings is 2. The smallest absolute Gasteiger partial charge is 0.270 e. The second kappa shape index (κ2) is 7.80. The van der Waals surface area contributed by atoms with Crippen molar-refractivity contribution in [2.75, 3.05) is 26.2 Å². The van der Waals surface area contributed by atoms with Crippen molar-refractivity contribution in [2.24, 2.45) is 0 Å². The summed E-state index contributed by atoms with van der Waals surface area (Å²) < 4.78 is 16.4. The molecule has 0 spiro atoms. The summed E-state index contributed by atoms with van der Waals surface area (Å²) in [6, 6.07) is 12.7. The van der Waals surface area contributed by atoms with Gasteiger partial charge in [0.1, 0.15) is 17.2 Å². The van der Waals surface area contributed by atoms with E-state index in [1.165, 1.54) is 16.7 Å². The van der Waals surface area contributed by atoms with Crippen LogP contribution >= 0.6 is 24.0 Å². The number of amides is 1. The quantitative estimate of drug-likeness (QED) is 0.568. The van der Waals surface area contributed by atoms with E-state index in [0.717, 1.165) is 0 Å². The Morgan fingerprint density at radius 3 is 2.12 bits per heavy atom. The van der Waals surface area contributed by atoms with E-state index < -0.39 is 0 Å². The molecule has 0 atom stereocenters. The lowest BCUT2D eigenvalue weighted by atomic mass is 10.1. The summed E-state index contributed by atoms with van der Waals surface area (Å²) in [5.41, 5.74) is 1.40. The summed E-state index contributed by atoms with van der Waals surface area (Å²) in [6.45, 7) is 0. The molecule has 0 unspecified atom stereocenters. The van der Waals surface area contributed by atoms with Crippen LogP contribution in [0.15, 0.2) is 47.4 Å². The monoisotopic (exact) mass is 387 g/mol. The highest BCUT2D eigenvalue weighted by Crippen LogP contribution is 2.39. The Balaban J connectivity index is 1.97. The Labute approximate surface area is 161 Å². The van der Waals surface area contributed by atoms with Crippen molar-refractivity contribution in [1.82, 2.24) is 0 Å². The molecule has 1 saturated heterocycles. The highest BCUT2D eigenvalue weighted by Gasteiger charge is 2.33. The minimum absolute atomic E-state index is 0.182. The summed E-state index contributed by atoms with van der Waals surface area (Å²) in [5.74, 6) is 1.78. The van der Waals surface area contributed by atoms with Crippen molar-refractivity contribution in [1.29, 1.82) is 0 Å². The molecule has 0 bridgehead atoms. The Hall–Kier alpha value is -2.51. The van der Waals surface area contributed by atoms with Gasteiger partial charge >= 0.3 is 0 Å². The third kappa shape index (κ3) is 3.40. The summed E-state index contributed by atoms with van der Waals surface area (Å²) in [5, 5.41) is 0. The summed E-state index contributed by atoms with van der Waals surface area (Å²) in [7, 11) is 4.75. The van der Waals surface area contributed by atoms with Gasteiger partial charge in [-0.05, 0) is 42.5 Å². The Morgan fingerprint density at radius 2 is 1.58 bits per heavy atom. The van der Waals surface area contributed by atoms with Crippen LogP contribution in [0, 0.1) is 0 Å². The van der Waals surface area contributed by atoms with E-state index in [-0.39, 0.29) is 5.91 Å². The molecule has 2 aromatic rings. The zero-order valence-electron chi connectivity index (χ0n) is 14.5. The highest BCUT2D eigenvalue weighted by molar-refractivity contribution is 8.27. The molecule has 2 aromatic carbocycles. The van der Waals surface area contributed by atoms with Gasteiger partial charge in [-0.25, -0.2) is 0 Å². The lowest BCUT2D eigenvalue weighted by molar-refractivity contribution is -0.113. The van der Waals surface area contributed by atoms with Gasteiger partial charge in [-0.1, -0.05) is 30.0 Å². The SMILES string of the molecule is COc1ccc(N2C(=O)/C(=C/c3c(OC)cccc3OC)SC2=S)cc1. The predicted molar refractivity (Wildman–Crippen MR) is 108 cm³/mol. The molecule has 134 valence electrons. The lowest BCUT2D eigenvalue weighted by Crippen LogP contribution is -2.27. The van der Waals surface area contributed by atoms with Crippen LogP contribution < -0.4 is 19.1 Å². The van der Waals surface area contributed by atoms with Gasteiger partial charge in [0.15, 0.2) is 4.32 Å².